The van der Waals surface area contributed by atoms with Crippen molar-refractivity contribution in [2.75, 3.05) is 13.1 Å². The summed E-state index contributed by atoms with van der Waals surface area (Å²) in [5.41, 5.74) is 1.08. The van der Waals surface area contributed by atoms with Crippen molar-refractivity contribution in [3.63, 3.8) is 0 Å². The van der Waals surface area contributed by atoms with Crippen molar-refractivity contribution in [3.05, 3.63) is 45.4 Å². The molecule has 0 fully saturated rings. The second-order valence-corrected chi connectivity index (χ2v) is 4.56. The van der Waals surface area contributed by atoms with E-state index in [0.717, 1.165) is 18.5 Å². The van der Waals surface area contributed by atoms with Crippen LogP contribution in [0.1, 0.15) is 5.56 Å². The van der Waals surface area contributed by atoms with Crippen LogP contribution in [0.25, 0.3) is 0 Å². The maximum atomic E-state index is 6.02. The van der Waals surface area contributed by atoms with E-state index in [1.165, 1.54) is 0 Å². The molecular formula is C11H12Cl3N. The Morgan fingerprint density at radius 2 is 2.07 bits per heavy atom. The van der Waals surface area contributed by atoms with Gasteiger partial charge in [-0.1, -0.05) is 47.4 Å². The molecular weight excluding hydrogens is 252 g/mol. The van der Waals surface area contributed by atoms with Crippen molar-refractivity contribution >= 4 is 34.8 Å². The van der Waals surface area contributed by atoms with Gasteiger partial charge in [-0.2, -0.15) is 0 Å². The normalized spacial score (nSPS) is 10.3. The Balaban J connectivity index is 2.40. The molecule has 1 N–H and O–H groups in total. The fourth-order valence-corrected chi connectivity index (χ4v) is 1.77. The summed E-state index contributed by atoms with van der Waals surface area (Å²) in [4.78, 5) is 0. The van der Waals surface area contributed by atoms with E-state index in [1.54, 1.807) is 6.07 Å². The van der Waals surface area contributed by atoms with Gasteiger partial charge in [-0.05, 0) is 30.7 Å². The molecule has 1 rings (SSSR count). The maximum absolute atomic E-state index is 6.02. The third kappa shape index (κ3) is 4.89. The largest absolute Gasteiger partial charge is 0.311 e. The van der Waals surface area contributed by atoms with Gasteiger partial charge in [-0.25, -0.2) is 0 Å². The summed E-state index contributed by atoms with van der Waals surface area (Å²) in [5, 5.41) is 5.12. The van der Waals surface area contributed by atoms with Gasteiger partial charge < -0.3 is 5.32 Å². The first-order chi connectivity index (χ1) is 7.09. The van der Waals surface area contributed by atoms with Crippen molar-refractivity contribution < 1.29 is 0 Å². The molecule has 0 saturated carbocycles. The molecule has 15 heavy (non-hydrogen) atoms. The molecule has 4 heteroatoms. The second kappa shape index (κ2) is 6.39. The van der Waals surface area contributed by atoms with Crippen molar-refractivity contribution in [3.8, 4) is 0 Å². The fraction of sp³-hybridized carbons (Fsp3) is 0.273. The van der Waals surface area contributed by atoms with Gasteiger partial charge in [-0.3, -0.25) is 0 Å². The van der Waals surface area contributed by atoms with Crippen LogP contribution in [0.2, 0.25) is 10.0 Å². The summed E-state index contributed by atoms with van der Waals surface area (Å²) in [7, 11) is 0. The Labute approximate surface area is 105 Å². The van der Waals surface area contributed by atoms with Crippen LogP contribution in [-0.2, 0) is 6.42 Å². The summed E-state index contributed by atoms with van der Waals surface area (Å²) in [6.45, 7) is 5.02. The van der Waals surface area contributed by atoms with Crippen molar-refractivity contribution in [2.24, 2.45) is 0 Å². The van der Waals surface area contributed by atoms with Crippen LogP contribution in [0.5, 0.6) is 0 Å². The third-order valence-corrected chi connectivity index (χ3v) is 2.62. The maximum Gasteiger partial charge on any atom is 0.0453 e. The minimum absolute atomic E-state index is 0.609. The van der Waals surface area contributed by atoms with Gasteiger partial charge in [0.2, 0.25) is 0 Å². The summed E-state index contributed by atoms with van der Waals surface area (Å²) >= 11 is 17.4. The van der Waals surface area contributed by atoms with E-state index >= 15 is 0 Å². The molecule has 0 aliphatic carbocycles. The highest BCUT2D eigenvalue weighted by Crippen LogP contribution is 2.20. The van der Waals surface area contributed by atoms with Crippen LogP contribution in [0.4, 0.5) is 0 Å². The van der Waals surface area contributed by atoms with Crippen LogP contribution in [0.15, 0.2) is 29.8 Å². The molecule has 0 atom stereocenters. The first kappa shape index (κ1) is 12.9. The second-order valence-electron chi connectivity index (χ2n) is 3.18. The lowest BCUT2D eigenvalue weighted by Crippen LogP contribution is -2.18. The highest BCUT2D eigenvalue weighted by Gasteiger charge is 2.00. The van der Waals surface area contributed by atoms with Crippen LogP contribution < -0.4 is 5.32 Å². The lowest BCUT2D eigenvalue weighted by atomic mass is 10.1. The molecule has 0 amide bonds. The molecule has 1 nitrogen and oxygen atoms in total. The van der Waals surface area contributed by atoms with Crippen LogP contribution in [-0.4, -0.2) is 13.1 Å². The monoisotopic (exact) mass is 263 g/mol. The molecule has 0 bridgehead atoms. The molecule has 1 aromatic rings. The molecule has 0 heterocycles. The van der Waals surface area contributed by atoms with E-state index in [4.69, 9.17) is 34.8 Å². The minimum atomic E-state index is 0.609. The quantitative estimate of drug-likeness (QED) is 0.796. The zero-order valence-corrected chi connectivity index (χ0v) is 10.5. The van der Waals surface area contributed by atoms with Crippen molar-refractivity contribution in [1.82, 2.24) is 5.32 Å². The molecule has 0 radical (unpaired) electrons. The first-order valence-corrected chi connectivity index (χ1v) is 5.71. The molecule has 0 aromatic heterocycles. The Hall–Kier alpha value is -0.210. The Morgan fingerprint density at radius 1 is 1.33 bits per heavy atom. The van der Waals surface area contributed by atoms with E-state index in [1.807, 2.05) is 12.1 Å². The van der Waals surface area contributed by atoms with Crippen molar-refractivity contribution in [2.45, 2.75) is 6.42 Å². The Morgan fingerprint density at radius 3 is 2.67 bits per heavy atom. The minimum Gasteiger partial charge on any atom is -0.311 e. The van der Waals surface area contributed by atoms with Crippen LogP contribution >= 0.6 is 34.8 Å². The van der Waals surface area contributed by atoms with Gasteiger partial charge in [0.15, 0.2) is 0 Å². The van der Waals surface area contributed by atoms with Gasteiger partial charge >= 0.3 is 0 Å². The number of nitrogens with one attached hydrogen (secondary N) is 1. The molecule has 0 aliphatic heterocycles. The standard InChI is InChI=1S/C11H12Cl3N/c1-8(12)7-15-5-4-9-2-3-10(13)6-11(9)14/h2-3,6,15H,1,4-5,7H2. The van der Waals surface area contributed by atoms with Gasteiger partial charge in [0.25, 0.3) is 0 Å². The van der Waals surface area contributed by atoms with E-state index in [9.17, 15) is 0 Å². The lowest BCUT2D eigenvalue weighted by Gasteiger charge is -2.05. The van der Waals surface area contributed by atoms with Crippen LogP contribution in [0, 0.1) is 0 Å². The average Bonchev–Trinajstić information content (AvgIpc) is 2.14. The Kier molecular flexibility index (Phi) is 5.48. The Bertz CT molecular complexity index is 350. The van der Waals surface area contributed by atoms with E-state index in [2.05, 4.69) is 11.9 Å². The lowest BCUT2D eigenvalue weighted by molar-refractivity contribution is 0.740. The van der Waals surface area contributed by atoms with Gasteiger partial charge in [0, 0.05) is 21.6 Å². The topological polar surface area (TPSA) is 12.0 Å². The predicted octanol–water partition coefficient (Wildman–Crippen LogP) is 3.88. The number of hydrogen-bond donors (Lipinski definition) is 1. The molecule has 0 aliphatic rings. The number of hydrogen-bond acceptors (Lipinski definition) is 1. The number of benzene rings is 1. The van der Waals surface area contributed by atoms with E-state index in [0.29, 0.717) is 21.6 Å². The van der Waals surface area contributed by atoms with Crippen molar-refractivity contribution in [1.29, 1.82) is 0 Å². The smallest absolute Gasteiger partial charge is 0.0453 e. The van der Waals surface area contributed by atoms with E-state index < -0.39 is 0 Å². The number of rotatable bonds is 5. The zero-order valence-electron chi connectivity index (χ0n) is 8.19. The summed E-state index contributed by atoms with van der Waals surface area (Å²) < 4.78 is 0. The molecule has 0 unspecified atom stereocenters. The molecule has 1 aromatic carbocycles. The summed E-state index contributed by atoms with van der Waals surface area (Å²) in [6, 6.07) is 5.52. The molecule has 0 spiro atoms. The third-order valence-electron chi connectivity index (χ3n) is 1.90. The first-order valence-electron chi connectivity index (χ1n) is 4.57. The van der Waals surface area contributed by atoms with Crippen LogP contribution in [0.3, 0.4) is 0 Å². The van der Waals surface area contributed by atoms with Gasteiger partial charge in [0.05, 0.1) is 0 Å². The predicted molar refractivity (Wildman–Crippen MR) is 68.0 cm³/mol. The summed E-state index contributed by atoms with van der Waals surface area (Å²) in [5.74, 6) is 0. The van der Waals surface area contributed by atoms with Gasteiger partial charge in [-0.15, -0.1) is 0 Å². The van der Waals surface area contributed by atoms with Gasteiger partial charge in [0.1, 0.15) is 0 Å². The number of halogens is 3. The molecule has 0 saturated heterocycles. The zero-order chi connectivity index (χ0) is 11.3. The fourth-order valence-electron chi connectivity index (χ4n) is 1.17. The average molecular weight is 265 g/mol. The highest BCUT2D eigenvalue weighted by atomic mass is 35.5. The highest BCUT2D eigenvalue weighted by molar-refractivity contribution is 6.35. The summed E-state index contributed by atoms with van der Waals surface area (Å²) in [6.07, 6.45) is 0.847. The SMILES string of the molecule is C=C(Cl)CNCCc1ccc(Cl)cc1Cl. The van der Waals surface area contributed by atoms with E-state index in [-0.39, 0.29) is 0 Å². The molecule has 82 valence electrons.